The number of nitrogens with zero attached hydrogens (tertiary/aromatic N) is 4. The molecule has 1 aliphatic rings. The summed E-state index contributed by atoms with van der Waals surface area (Å²) in [6.07, 6.45) is 2.86. The van der Waals surface area contributed by atoms with E-state index in [1.54, 1.807) is 16.7 Å². The maximum absolute atomic E-state index is 13.2. The summed E-state index contributed by atoms with van der Waals surface area (Å²) in [6.45, 7) is 6.14. The molecular formula is C25H28N4O2S. The number of aromatic nitrogens is 3. The first kappa shape index (κ1) is 22.3. The smallest absolute Gasteiger partial charge is 0.247 e. The summed E-state index contributed by atoms with van der Waals surface area (Å²) < 4.78 is 6.46. The molecule has 0 bridgehead atoms. The average molecular weight is 449 g/mol. The van der Waals surface area contributed by atoms with Gasteiger partial charge in [-0.2, -0.15) is 4.98 Å². The molecule has 4 rings (SSSR count). The first-order valence-electron chi connectivity index (χ1n) is 11.2. The van der Waals surface area contributed by atoms with Crippen molar-refractivity contribution < 1.29 is 9.53 Å². The standard InChI is InChI=1S/C25H28N4O2S/c1-4-7-16-32-25-26-23-22(27-28-25)19-10-8-9-11-20(19)29(21(30)6-3)24(31-23)18-14-12-17(5-2)13-15-18/h8-15,24H,4-7,16H2,1-3H3/t24-/m1/s1. The Bertz CT molecular complexity index is 1090. The molecule has 2 aromatic carbocycles. The van der Waals surface area contributed by atoms with Crippen LogP contribution >= 0.6 is 11.8 Å². The Morgan fingerprint density at radius 1 is 1.06 bits per heavy atom. The zero-order valence-electron chi connectivity index (χ0n) is 18.7. The van der Waals surface area contributed by atoms with Crippen LogP contribution in [0.2, 0.25) is 0 Å². The molecule has 1 amide bonds. The van der Waals surface area contributed by atoms with Crippen molar-refractivity contribution in [3.8, 4) is 17.1 Å². The monoisotopic (exact) mass is 448 g/mol. The number of ether oxygens (including phenoxy) is 1. The maximum Gasteiger partial charge on any atom is 0.247 e. The lowest BCUT2D eigenvalue weighted by atomic mass is 10.1. The largest absolute Gasteiger partial charge is 0.447 e. The number of amides is 1. The van der Waals surface area contributed by atoms with E-state index in [1.165, 1.54) is 5.56 Å². The van der Waals surface area contributed by atoms with Crippen molar-refractivity contribution in [1.29, 1.82) is 0 Å². The number of fused-ring (bicyclic) bond motifs is 3. The first-order valence-corrected chi connectivity index (χ1v) is 12.2. The lowest BCUT2D eigenvalue weighted by molar-refractivity contribution is -0.120. The third-order valence-corrected chi connectivity index (χ3v) is 6.41. The fraction of sp³-hybridized carbons (Fsp3) is 0.360. The van der Waals surface area contributed by atoms with E-state index in [0.717, 1.165) is 41.8 Å². The Balaban J connectivity index is 1.84. The van der Waals surface area contributed by atoms with E-state index in [4.69, 9.17) is 9.72 Å². The van der Waals surface area contributed by atoms with Crippen molar-refractivity contribution in [2.45, 2.75) is 57.8 Å². The van der Waals surface area contributed by atoms with E-state index in [0.29, 0.717) is 23.2 Å². The van der Waals surface area contributed by atoms with Crippen LogP contribution in [-0.4, -0.2) is 26.8 Å². The quantitative estimate of drug-likeness (QED) is 0.335. The zero-order chi connectivity index (χ0) is 22.5. The molecule has 0 radical (unpaired) electrons. The summed E-state index contributed by atoms with van der Waals surface area (Å²) in [4.78, 5) is 19.6. The second-order valence-electron chi connectivity index (χ2n) is 7.65. The molecule has 1 atom stereocenters. The zero-order valence-corrected chi connectivity index (χ0v) is 19.6. The van der Waals surface area contributed by atoms with Gasteiger partial charge in [-0.05, 0) is 24.5 Å². The number of unbranched alkanes of at least 4 members (excludes halogenated alkanes) is 1. The summed E-state index contributed by atoms with van der Waals surface area (Å²) >= 11 is 1.57. The highest BCUT2D eigenvalue weighted by molar-refractivity contribution is 7.99. The van der Waals surface area contributed by atoms with E-state index in [2.05, 4.69) is 36.2 Å². The van der Waals surface area contributed by atoms with E-state index >= 15 is 0 Å². The minimum Gasteiger partial charge on any atom is -0.447 e. The van der Waals surface area contributed by atoms with Crippen LogP contribution in [-0.2, 0) is 11.2 Å². The first-order chi connectivity index (χ1) is 15.7. The molecule has 32 heavy (non-hydrogen) atoms. The second-order valence-corrected chi connectivity index (χ2v) is 8.71. The Morgan fingerprint density at radius 2 is 1.84 bits per heavy atom. The molecular weight excluding hydrogens is 420 g/mol. The predicted octanol–water partition coefficient (Wildman–Crippen LogP) is 5.83. The van der Waals surface area contributed by atoms with Crippen molar-refractivity contribution in [3.05, 3.63) is 59.7 Å². The fourth-order valence-corrected chi connectivity index (χ4v) is 4.52. The van der Waals surface area contributed by atoms with Gasteiger partial charge in [0, 0.05) is 23.3 Å². The van der Waals surface area contributed by atoms with Crippen LogP contribution in [0.1, 0.15) is 57.4 Å². The highest BCUT2D eigenvalue weighted by Crippen LogP contribution is 2.43. The molecule has 3 aromatic rings. The predicted molar refractivity (Wildman–Crippen MR) is 128 cm³/mol. The van der Waals surface area contributed by atoms with Gasteiger partial charge in [0.1, 0.15) is 0 Å². The number of carbonyl (C=O) groups excluding carboxylic acids is 1. The molecule has 2 heterocycles. The summed E-state index contributed by atoms with van der Waals surface area (Å²) in [5, 5.41) is 9.40. The van der Waals surface area contributed by atoms with E-state index < -0.39 is 6.23 Å². The third kappa shape index (κ3) is 4.48. The van der Waals surface area contributed by atoms with Gasteiger partial charge in [0.2, 0.25) is 23.2 Å². The topological polar surface area (TPSA) is 68.2 Å². The van der Waals surface area contributed by atoms with Gasteiger partial charge in [-0.15, -0.1) is 10.2 Å². The molecule has 0 aliphatic carbocycles. The highest BCUT2D eigenvalue weighted by atomic mass is 32.2. The fourth-order valence-electron chi connectivity index (χ4n) is 3.66. The van der Waals surface area contributed by atoms with Crippen LogP contribution in [0.15, 0.2) is 53.7 Å². The number of rotatable bonds is 7. The number of para-hydroxylation sites is 1. The van der Waals surface area contributed by atoms with Gasteiger partial charge in [0.05, 0.1) is 5.69 Å². The normalized spacial score (nSPS) is 14.8. The van der Waals surface area contributed by atoms with Gasteiger partial charge < -0.3 is 4.74 Å². The Morgan fingerprint density at radius 3 is 2.56 bits per heavy atom. The lowest BCUT2D eigenvalue weighted by Gasteiger charge is -2.30. The maximum atomic E-state index is 13.2. The van der Waals surface area contributed by atoms with E-state index in [9.17, 15) is 4.79 Å². The SMILES string of the molecule is CCCCSc1nnc2c(n1)O[C@H](c1ccc(CC)cc1)N(C(=O)CC)c1ccccc1-2. The molecule has 0 saturated carbocycles. The van der Waals surface area contributed by atoms with Crippen LogP contribution in [0.3, 0.4) is 0 Å². The Labute approximate surface area is 193 Å². The molecule has 0 N–H and O–H groups in total. The molecule has 1 aliphatic heterocycles. The molecule has 6 nitrogen and oxygen atoms in total. The molecule has 0 fully saturated rings. The van der Waals surface area contributed by atoms with Crippen LogP contribution < -0.4 is 9.64 Å². The molecule has 0 saturated heterocycles. The van der Waals surface area contributed by atoms with E-state index in [-0.39, 0.29) is 5.91 Å². The molecule has 166 valence electrons. The number of benzene rings is 2. The van der Waals surface area contributed by atoms with Gasteiger partial charge in [-0.25, -0.2) is 0 Å². The van der Waals surface area contributed by atoms with Crippen molar-refractivity contribution in [2.24, 2.45) is 0 Å². The number of anilines is 1. The van der Waals surface area contributed by atoms with Crippen molar-refractivity contribution >= 4 is 23.4 Å². The number of hydrogen-bond donors (Lipinski definition) is 0. The number of thioether (sulfide) groups is 1. The average Bonchev–Trinajstić information content (AvgIpc) is 2.98. The molecule has 1 aromatic heterocycles. The van der Waals surface area contributed by atoms with Crippen LogP contribution in [0.4, 0.5) is 5.69 Å². The number of aryl methyl sites for hydroxylation is 1. The van der Waals surface area contributed by atoms with Crippen LogP contribution in [0.25, 0.3) is 11.3 Å². The number of carbonyl (C=O) groups is 1. The van der Waals surface area contributed by atoms with Gasteiger partial charge >= 0.3 is 0 Å². The summed E-state index contributed by atoms with van der Waals surface area (Å²) in [6, 6.07) is 15.9. The van der Waals surface area contributed by atoms with Crippen LogP contribution in [0, 0.1) is 0 Å². The van der Waals surface area contributed by atoms with Crippen molar-refractivity contribution in [2.75, 3.05) is 10.7 Å². The van der Waals surface area contributed by atoms with Crippen molar-refractivity contribution in [1.82, 2.24) is 15.2 Å². The molecule has 0 unspecified atom stereocenters. The van der Waals surface area contributed by atoms with Gasteiger partial charge in [0.25, 0.3) is 0 Å². The van der Waals surface area contributed by atoms with Crippen molar-refractivity contribution in [3.63, 3.8) is 0 Å². The minimum absolute atomic E-state index is 0.0275. The van der Waals surface area contributed by atoms with Gasteiger partial charge in [-0.3, -0.25) is 9.69 Å². The Hall–Kier alpha value is -2.93. The summed E-state index contributed by atoms with van der Waals surface area (Å²) in [7, 11) is 0. The second kappa shape index (κ2) is 10.1. The molecule has 0 spiro atoms. The van der Waals surface area contributed by atoms with Gasteiger partial charge in [-0.1, -0.05) is 81.4 Å². The highest BCUT2D eigenvalue weighted by Gasteiger charge is 2.35. The van der Waals surface area contributed by atoms with Gasteiger partial charge in [0.15, 0.2) is 5.69 Å². The Kier molecular flexibility index (Phi) is 7.05. The lowest BCUT2D eigenvalue weighted by Crippen LogP contribution is -2.37. The third-order valence-electron chi connectivity index (χ3n) is 5.49. The van der Waals surface area contributed by atoms with E-state index in [1.807, 2.05) is 43.3 Å². The molecule has 7 heteroatoms. The number of hydrogen-bond acceptors (Lipinski definition) is 6. The summed E-state index contributed by atoms with van der Waals surface area (Å²) in [5.41, 5.74) is 4.23. The summed E-state index contributed by atoms with van der Waals surface area (Å²) in [5.74, 6) is 1.30. The van der Waals surface area contributed by atoms with Crippen LogP contribution in [0.5, 0.6) is 5.88 Å². The minimum atomic E-state index is -0.638.